The van der Waals surface area contributed by atoms with Crippen molar-refractivity contribution in [1.29, 1.82) is 0 Å². The van der Waals surface area contributed by atoms with Crippen molar-refractivity contribution in [2.75, 3.05) is 7.11 Å². The lowest BCUT2D eigenvalue weighted by Crippen LogP contribution is -1.90. The van der Waals surface area contributed by atoms with Gasteiger partial charge in [-0.2, -0.15) is 0 Å². The van der Waals surface area contributed by atoms with Crippen molar-refractivity contribution < 1.29 is 19.2 Å². The molecule has 0 bridgehead atoms. The summed E-state index contributed by atoms with van der Waals surface area (Å²) >= 11 is 5.84. The van der Waals surface area contributed by atoms with E-state index in [1.165, 1.54) is 31.5 Å². The van der Waals surface area contributed by atoms with Gasteiger partial charge in [0.15, 0.2) is 11.4 Å². The van der Waals surface area contributed by atoms with Crippen LogP contribution >= 0.6 is 11.6 Å². The molecule has 0 radical (unpaired) electrons. The Labute approximate surface area is 152 Å². The van der Waals surface area contributed by atoms with Crippen molar-refractivity contribution >= 4 is 29.2 Å². The van der Waals surface area contributed by atoms with Crippen molar-refractivity contribution in [2.24, 2.45) is 4.99 Å². The molecule has 0 atom stereocenters. The molecule has 0 unspecified atom stereocenters. The molecule has 132 valence electrons. The Morgan fingerprint density at radius 3 is 2.69 bits per heavy atom. The van der Waals surface area contributed by atoms with Gasteiger partial charge in [-0.1, -0.05) is 11.6 Å². The van der Waals surface area contributed by atoms with Gasteiger partial charge in [0.25, 0.3) is 5.69 Å². The molecule has 26 heavy (non-hydrogen) atoms. The Morgan fingerprint density at radius 2 is 2.04 bits per heavy atom. The molecule has 0 saturated heterocycles. The number of nitro benzene ring substituents is 1. The number of aromatic nitrogens is 1. The molecule has 0 aliphatic rings. The number of aromatic hydroxyl groups is 1. The summed E-state index contributed by atoms with van der Waals surface area (Å²) in [5, 5.41) is 21.3. The van der Waals surface area contributed by atoms with Crippen LogP contribution in [0.5, 0.6) is 11.7 Å². The van der Waals surface area contributed by atoms with Crippen molar-refractivity contribution in [3.05, 3.63) is 63.3 Å². The first-order valence-corrected chi connectivity index (χ1v) is 7.68. The molecule has 0 aliphatic carbocycles. The lowest BCUT2D eigenvalue weighted by atomic mass is 10.2. The van der Waals surface area contributed by atoms with E-state index in [0.717, 1.165) is 0 Å². The summed E-state index contributed by atoms with van der Waals surface area (Å²) in [6.45, 7) is 0. The van der Waals surface area contributed by atoms with Crippen molar-refractivity contribution in [3.8, 4) is 23.1 Å². The predicted octanol–water partition coefficient (Wildman–Crippen LogP) is 4.37. The molecule has 9 heteroatoms. The van der Waals surface area contributed by atoms with Crippen LogP contribution in [0.4, 0.5) is 11.4 Å². The highest BCUT2D eigenvalue weighted by Crippen LogP contribution is 2.32. The topological polar surface area (TPSA) is 111 Å². The standard InChI is InChI=1S/C17H12ClN3O5/c1-25-15-8-12(21(23)24)6-7-13(15)19-9-14-17(22)26-16(20-14)10-2-4-11(18)5-3-10/h2-9,22H,1H3. The minimum atomic E-state index is -0.530. The molecule has 0 spiro atoms. The minimum absolute atomic E-state index is 0.107. The molecule has 0 aliphatic heterocycles. The number of halogens is 1. The first-order valence-electron chi connectivity index (χ1n) is 7.30. The number of benzene rings is 2. The van der Waals surface area contributed by atoms with Crippen LogP contribution in [0.15, 0.2) is 51.9 Å². The van der Waals surface area contributed by atoms with Gasteiger partial charge in [-0.25, -0.2) is 4.98 Å². The van der Waals surface area contributed by atoms with E-state index in [4.69, 9.17) is 20.8 Å². The summed E-state index contributed by atoms with van der Waals surface area (Å²) in [4.78, 5) is 18.6. The van der Waals surface area contributed by atoms with Crippen molar-refractivity contribution in [2.45, 2.75) is 0 Å². The van der Waals surface area contributed by atoms with E-state index >= 15 is 0 Å². The fraction of sp³-hybridized carbons (Fsp3) is 0.0588. The van der Waals surface area contributed by atoms with E-state index < -0.39 is 10.9 Å². The van der Waals surface area contributed by atoms with E-state index in [9.17, 15) is 15.2 Å². The number of non-ortho nitro benzene ring substituents is 1. The van der Waals surface area contributed by atoms with E-state index in [1.807, 2.05) is 0 Å². The molecule has 2 aromatic carbocycles. The highest BCUT2D eigenvalue weighted by molar-refractivity contribution is 6.30. The van der Waals surface area contributed by atoms with Crippen LogP contribution in [0.3, 0.4) is 0 Å². The first-order chi connectivity index (χ1) is 12.5. The maximum Gasteiger partial charge on any atom is 0.312 e. The van der Waals surface area contributed by atoms with Gasteiger partial charge >= 0.3 is 5.95 Å². The summed E-state index contributed by atoms with van der Waals surface area (Å²) < 4.78 is 10.3. The number of rotatable bonds is 5. The second-order valence-electron chi connectivity index (χ2n) is 5.09. The predicted molar refractivity (Wildman–Crippen MR) is 95.5 cm³/mol. The smallest absolute Gasteiger partial charge is 0.312 e. The Bertz CT molecular complexity index is 983. The van der Waals surface area contributed by atoms with E-state index in [-0.39, 0.29) is 23.0 Å². The number of hydrogen-bond acceptors (Lipinski definition) is 7. The molecule has 1 aromatic heterocycles. The SMILES string of the molecule is COc1cc([N+](=O)[O-])ccc1N=Cc1nc(-c2ccc(Cl)cc2)oc1O. The van der Waals surface area contributed by atoms with Crippen LogP contribution in [-0.4, -0.2) is 28.3 Å². The van der Waals surface area contributed by atoms with E-state index in [1.54, 1.807) is 24.3 Å². The third-order valence-corrected chi connectivity index (χ3v) is 3.68. The fourth-order valence-electron chi connectivity index (χ4n) is 2.14. The lowest BCUT2D eigenvalue weighted by molar-refractivity contribution is -0.384. The first kappa shape index (κ1) is 17.4. The Kier molecular flexibility index (Phi) is 4.85. The van der Waals surface area contributed by atoms with Crippen LogP contribution in [0.1, 0.15) is 5.69 Å². The van der Waals surface area contributed by atoms with E-state index in [2.05, 4.69) is 9.98 Å². The van der Waals surface area contributed by atoms with Gasteiger partial charge in [-0.3, -0.25) is 15.1 Å². The van der Waals surface area contributed by atoms with Gasteiger partial charge in [-0.15, -0.1) is 0 Å². The van der Waals surface area contributed by atoms with Gasteiger partial charge in [0.05, 0.1) is 24.3 Å². The van der Waals surface area contributed by atoms with Gasteiger partial charge in [0, 0.05) is 16.7 Å². The van der Waals surface area contributed by atoms with Crippen LogP contribution in [0.25, 0.3) is 11.5 Å². The normalized spacial score (nSPS) is 11.0. The maximum absolute atomic E-state index is 10.8. The monoisotopic (exact) mass is 373 g/mol. The third-order valence-electron chi connectivity index (χ3n) is 3.43. The molecule has 0 saturated carbocycles. The summed E-state index contributed by atoms with van der Waals surface area (Å²) in [5.41, 5.74) is 0.969. The average molecular weight is 374 g/mol. The number of hydrogen-bond donors (Lipinski definition) is 1. The molecular weight excluding hydrogens is 362 g/mol. The average Bonchev–Trinajstić information content (AvgIpc) is 3.01. The number of aliphatic imine (C=N–C) groups is 1. The zero-order chi connectivity index (χ0) is 18.7. The second kappa shape index (κ2) is 7.24. The molecule has 1 heterocycles. The van der Waals surface area contributed by atoms with Gasteiger partial charge in [-0.05, 0) is 30.3 Å². The Balaban J connectivity index is 1.89. The molecule has 0 amide bonds. The summed E-state index contributed by atoms with van der Waals surface area (Å²) in [6.07, 6.45) is 1.28. The maximum atomic E-state index is 10.8. The molecule has 8 nitrogen and oxygen atoms in total. The highest BCUT2D eigenvalue weighted by Gasteiger charge is 2.14. The number of oxazole rings is 1. The Morgan fingerprint density at radius 1 is 1.31 bits per heavy atom. The van der Waals surface area contributed by atoms with Gasteiger partial charge in [0.2, 0.25) is 5.89 Å². The molecule has 0 fully saturated rings. The van der Waals surface area contributed by atoms with Gasteiger partial charge in [0.1, 0.15) is 5.69 Å². The second-order valence-corrected chi connectivity index (χ2v) is 5.52. The van der Waals surface area contributed by atoms with Crippen molar-refractivity contribution in [1.82, 2.24) is 4.98 Å². The molecular formula is C17H12ClN3O5. The Hall–Kier alpha value is -3.39. The quantitative estimate of drug-likeness (QED) is 0.404. The number of ether oxygens (including phenoxy) is 1. The third kappa shape index (κ3) is 3.65. The van der Waals surface area contributed by atoms with Crippen LogP contribution in [0, 0.1) is 10.1 Å². The summed E-state index contributed by atoms with van der Waals surface area (Å²) in [6, 6.07) is 10.7. The zero-order valence-electron chi connectivity index (χ0n) is 13.4. The van der Waals surface area contributed by atoms with Crippen LogP contribution in [-0.2, 0) is 0 Å². The fourth-order valence-corrected chi connectivity index (χ4v) is 2.27. The molecule has 3 aromatic rings. The highest BCUT2D eigenvalue weighted by atomic mass is 35.5. The lowest BCUT2D eigenvalue weighted by Gasteiger charge is -2.03. The van der Waals surface area contributed by atoms with E-state index in [0.29, 0.717) is 16.3 Å². The minimum Gasteiger partial charge on any atom is -0.494 e. The van der Waals surface area contributed by atoms with Crippen LogP contribution < -0.4 is 4.74 Å². The van der Waals surface area contributed by atoms with Crippen molar-refractivity contribution in [3.63, 3.8) is 0 Å². The van der Waals surface area contributed by atoms with Gasteiger partial charge < -0.3 is 14.3 Å². The number of nitrogens with zero attached hydrogens (tertiary/aromatic N) is 3. The number of nitro groups is 1. The molecule has 3 rings (SSSR count). The van der Waals surface area contributed by atoms with Crippen LogP contribution in [0.2, 0.25) is 5.02 Å². The summed E-state index contributed by atoms with van der Waals surface area (Å²) in [5.74, 6) is 0.0206. The summed E-state index contributed by atoms with van der Waals surface area (Å²) in [7, 11) is 1.38. The zero-order valence-corrected chi connectivity index (χ0v) is 14.2. The number of methoxy groups -OCH3 is 1. The molecule has 1 N–H and O–H groups in total. The largest absolute Gasteiger partial charge is 0.494 e.